The molecule has 0 radical (unpaired) electrons. The predicted molar refractivity (Wildman–Crippen MR) is 53.4 cm³/mol. The van der Waals surface area contributed by atoms with Crippen LogP contribution < -0.4 is 4.74 Å². The van der Waals surface area contributed by atoms with Crippen LogP contribution in [0.3, 0.4) is 0 Å². The van der Waals surface area contributed by atoms with Crippen molar-refractivity contribution < 1.29 is 13.9 Å². The highest BCUT2D eigenvalue weighted by Crippen LogP contribution is 2.16. The average Bonchev–Trinajstić information content (AvgIpc) is 2.17. The zero-order chi connectivity index (χ0) is 10.4. The molecule has 0 saturated heterocycles. The van der Waals surface area contributed by atoms with Crippen molar-refractivity contribution in [2.24, 2.45) is 0 Å². The standard InChI is InChI=1S/C11H15FO2/c1-9-5-10(8-14-4-3-12)7-11(6-9)13-2/h5-7H,3-4,8H2,1-2H3. The summed E-state index contributed by atoms with van der Waals surface area (Å²) in [5.41, 5.74) is 2.12. The Morgan fingerprint density at radius 3 is 2.71 bits per heavy atom. The van der Waals surface area contributed by atoms with E-state index in [0.717, 1.165) is 16.9 Å². The molecule has 2 nitrogen and oxygen atoms in total. The molecule has 78 valence electrons. The van der Waals surface area contributed by atoms with E-state index in [2.05, 4.69) is 0 Å². The molecular weight excluding hydrogens is 183 g/mol. The van der Waals surface area contributed by atoms with Crippen molar-refractivity contribution in [3.63, 3.8) is 0 Å². The highest BCUT2D eigenvalue weighted by atomic mass is 19.1. The molecule has 0 N–H and O–H groups in total. The summed E-state index contributed by atoms with van der Waals surface area (Å²) in [5.74, 6) is 0.809. The van der Waals surface area contributed by atoms with E-state index >= 15 is 0 Å². The second-order valence-corrected chi connectivity index (χ2v) is 3.10. The Kier molecular flexibility index (Phi) is 4.40. The van der Waals surface area contributed by atoms with Crippen molar-refractivity contribution in [3.8, 4) is 5.75 Å². The summed E-state index contributed by atoms with van der Waals surface area (Å²) in [6, 6.07) is 5.84. The number of benzene rings is 1. The first-order valence-electron chi connectivity index (χ1n) is 4.54. The number of hydrogen-bond donors (Lipinski definition) is 0. The third-order valence-corrected chi connectivity index (χ3v) is 1.84. The summed E-state index contributed by atoms with van der Waals surface area (Å²) in [5, 5.41) is 0. The minimum absolute atomic E-state index is 0.149. The van der Waals surface area contributed by atoms with Crippen LogP contribution in [0.2, 0.25) is 0 Å². The van der Waals surface area contributed by atoms with Gasteiger partial charge in [-0.15, -0.1) is 0 Å². The molecule has 0 unspecified atom stereocenters. The van der Waals surface area contributed by atoms with Crippen molar-refractivity contribution in [1.29, 1.82) is 0 Å². The van der Waals surface area contributed by atoms with E-state index in [-0.39, 0.29) is 6.61 Å². The normalized spacial score (nSPS) is 10.2. The van der Waals surface area contributed by atoms with Crippen molar-refractivity contribution >= 4 is 0 Å². The van der Waals surface area contributed by atoms with Crippen LogP contribution in [0.1, 0.15) is 11.1 Å². The van der Waals surface area contributed by atoms with Gasteiger partial charge in [0.2, 0.25) is 0 Å². The number of hydrogen-bond acceptors (Lipinski definition) is 2. The molecule has 0 saturated carbocycles. The molecule has 1 aromatic carbocycles. The quantitative estimate of drug-likeness (QED) is 0.677. The van der Waals surface area contributed by atoms with Gasteiger partial charge >= 0.3 is 0 Å². The van der Waals surface area contributed by atoms with Crippen molar-refractivity contribution in [3.05, 3.63) is 29.3 Å². The highest BCUT2D eigenvalue weighted by molar-refractivity contribution is 5.33. The van der Waals surface area contributed by atoms with Crippen LogP contribution in [0.5, 0.6) is 5.75 Å². The van der Waals surface area contributed by atoms with Gasteiger partial charge in [0.25, 0.3) is 0 Å². The third kappa shape index (κ3) is 3.34. The Labute approximate surface area is 83.6 Å². The van der Waals surface area contributed by atoms with E-state index in [9.17, 15) is 4.39 Å². The second-order valence-electron chi connectivity index (χ2n) is 3.10. The first-order valence-corrected chi connectivity index (χ1v) is 4.54. The number of halogens is 1. The minimum atomic E-state index is -0.442. The fourth-order valence-corrected chi connectivity index (χ4v) is 1.27. The molecule has 0 amide bonds. The van der Waals surface area contributed by atoms with Gasteiger partial charge in [0.15, 0.2) is 0 Å². The number of methoxy groups -OCH3 is 1. The van der Waals surface area contributed by atoms with Crippen LogP contribution >= 0.6 is 0 Å². The third-order valence-electron chi connectivity index (χ3n) is 1.84. The lowest BCUT2D eigenvalue weighted by Crippen LogP contribution is -1.97. The molecule has 0 spiro atoms. The van der Waals surface area contributed by atoms with E-state index in [1.54, 1.807) is 7.11 Å². The zero-order valence-electron chi connectivity index (χ0n) is 8.55. The fraction of sp³-hybridized carbons (Fsp3) is 0.455. The number of ether oxygens (including phenoxy) is 2. The Bertz CT molecular complexity index is 287. The molecule has 14 heavy (non-hydrogen) atoms. The van der Waals surface area contributed by atoms with Gasteiger partial charge in [0, 0.05) is 0 Å². The van der Waals surface area contributed by atoms with Gasteiger partial charge in [0.1, 0.15) is 12.4 Å². The fourth-order valence-electron chi connectivity index (χ4n) is 1.27. The van der Waals surface area contributed by atoms with Gasteiger partial charge in [-0.1, -0.05) is 6.07 Å². The van der Waals surface area contributed by atoms with E-state index < -0.39 is 6.67 Å². The average molecular weight is 198 g/mol. The molecule has 0 aliphatic carbocycles. The summed E-state index contributed by atoms with van der Waals surface area (Å²) in [7, 11) is 1.63. The molecular formula is C11H15FO2. The molecule has 0 aliphatic heterocycles. The summed E-state index contributed by atoms with van der Waals surface area (Å²) in [6.45, 7) is 2.13. The molecule has 0 aliphatic rings. The monoisotopic (exact) mass is 198 g/mol. The summed E-state index contributed by atoms with van der Waals surface area (Å²) >= 11 is 0. The summed E-state index contributed by atoms with van der Waals surface area (Å²) in [6.07, 6.45) is 0. The van der Waals surface area contributed by atoms with Gasteiger partial charge < -0.3 is 9.47 Å². The van der Waals surface area contributed by atoms with E-state index in [4.69, 9.17) is 9.47 Å². The van der Waals surface area contributed by atoms with Gasteiger partial charge in [-0.2, -0.15) is 0 Å². The van der Waals surface area contributed by atoms with Crippen molar-refractivity contribution in [2.75, 3.05) is 20.4 Å². The molecule has 1 aromatic rings. The lowest BCUT2D eigenvalue weighted by Gasteiger charge is -2.06. The van der Waals surface area contributed by atoms with Crippen LogP contribution in [-0.4, -0.2) is 20.4 Å². The smallest absolute Gasteiger partial charge is 0.119 e. The van der Waals surface area contributed by atoms with Crippen LogP contribution in [-0.2, 0) is 11.3 Å². The Morgan fingerprint density at radius 1 is 1.29 bits per heavy atom. The van der Waals surface area contributed by atoms with E-state index in [1.807, 2.05) is 25.1 Å². The maximum Gasteiger partial charge on any atom is 0.119 e. The molecule has 0 aromatic heterocycles. The molecule has 0 heterocycles. The predicted octanol–water partition coefficient (Wildman–Crippen LogP) is 2.49. The first-order chi connectivity index (χ1) is 6.76. The molecule has 0 fully saturated rings. The summed E-state index contributed by atoms with van der Waals surface area (Å²) in [4.78, 5) is 0. The SMILES string of the molecule is COc1cc(C)cc(COCCF)c1. The van der Waals surface area contributed by atoms with Crippen LogP contribution in [0, 0.1) is 6.92 Å². The van der Waals surface area contributed by atoms with Crippen LogP contribution in [0.25, 0.3) is 0 Å². The maximum atomic E-state index is 11.8. The van der Waals surface area contributed by atoms with E-state index in [1.165, 1.54) is 0 Å². The maximum absolute atomic E-state index is 11.8. The second kappa shape index (κ2) is 5.60. The minimum Gasteiger partial charge on any atom is -0.497 e. The van der Waals surface area contributed by atoms with Gasteiger partial charge in [-0.05, 0) is 30.2 Å². The van der Waals surface area contributed by atoms with Crippen LogP contribution in [0.15, 0.2) is 18.2 Å². The number of aryl methyl sites for hydroxylation is 1. The van der Waals surface area contributed by atoms with Gasteiger partial charge in [0.05, 0.1) is 20.3 Å². The first kappa shape index (κ1) is 11.0. The summed E-state index contributed by atoms with van der Waals surface area (Å²) < 4.78 is 22.0. The van der Waals surface area contributed by atoms with E-state index in [0.29, 0.717) is 6.61 Å². The lowest BCUT2D eigenvalue weighted by atomic mass is 10.1. The van der Waals surface area contributed by atoms with Crippen molar-refractivity contribution in [1.82, 2.24) is 0 Å². The molecule has 3 heteroatoms. The molecule has 0 atom stereocenters. The molecule has 0 bridgehead atoms. The van der Waals surface area contributed by atoms with Gasteiger partial charge in [-0.3, -0.25) is 0 Å². The largest absolute Gasteiger partial charge is 0.497 e. The Hall–Kier alpha value is -1.09. The zero-order valence-corrected chi connectivity index (χ0v) is 8.55. The highest BCUT2D eigenvalue weighted by Gasteiger charge is 1.98. The van der Waals surface area contributed by atoms with Crippen molar-refractivity contribution in [2.45, 2.75) is 13.5 Å². The number of rotatable bonds is 5. The lowest BCUT2D eigenvalue weighted by molar-refractivity contribution is 0.106. The number of alkyl halides is 1. The van der Waals surface area contributed by atoms with Crippen LogP contribution in [0.4, 0.5) is 4.39 Å². The Balaban J connectivity index is 2.62. The Morgan fingerprint density at radius 2 is 2.07 bits per heavy atom. The topological polar surface area (TPSA) is 18.5 Å². The molecule has 1 rings (SSSR count). The van der Waals surface area contributed by atoms with Gasteiger partial charge in [-0.25, -0.2) is 4.39 Å².